The molecule has 2 aromatic heterocycles. The number of carbonyl (C=O) groups is 1. The topological polar surface area (TPSA) is 137 Å². The molecule has 0 aliphatic rings. The summed E-state index contributed by atoms with van der Waals surface area (Å²) in [5.74, 6) is -1.88. The van der Waals surface area contributed by atoms with Crippen molar-refractivity contribution in [3.05, 3.63) is 53.6 Å². The second-order valence-corrected chi connectivity index (χ2v) is 10.3. The van der Waals surface area contributed by atoms with E-state index in [1.807, 2.05) is 0 Å². The van der Waals surface area contributed by atoms with E-state index in [4.69, 9.17) is 10.5 Å². The first-order chi connectivity index (χ1) is 16.8. The molecule has 2 heterocycles. The summed E-state index contributed by atoms with van der Waals surface area (Å²) in [6, 6.07) is 7.83. The lowest BCUT2D eigenvalue weighted by atomic mass is 9.99. The van der Waals surface area contributed by atoms with Crippen molar-refractivity contribution in [2.75, 3.05) is 24.3 Å². The number of sulfone groups is 1. The van der Waals surface area contributed by atoms with Gasteiger partial charge >= 0.3 is 0 Å². The molecule has 1 aromatic carbocycles. The lowest BCUT2D eigenvalue weighted by Crippen LogP contribution is -2.39. The molecule has 3 N–H and O–H groups in total. The summed E-state index contributed by atoms with van der Waals surface area (Å²) in [4.78, 5) is 23.6. The van der Waals surface area contributed by atoms with Crippen LogP contribution >= 0.6 is 0 Å². The van der Waals surface area contributed by atoms with E-state index in [2.05, 4.69) is 20.3 Å². The highest BCUT2D eigenvalue weighted by atomic mass is 32.2. The molecule has 3 aromatic rings. The molecule has 36 heavy (non-hydrogen) atoms. The van der Waals surface area contributed by atoms with Crippen molar-refractivity contribution in [1.82, 2.24) is 20.3 Å². The van der Waals surface area contributed by atoms with Crippen molar-refractivity contribution in [3.8, 4) is 28.3 Å². The van der Waals surface area contributed by atoms with Gasteiger partial charge in [0.2, 0.25) is 17.7 Å². The van der Waals surface area contributed by atoms with Gasteiger partial charge in [-0.05, 0) is 48.9 Å². The summed E-state index contributed by atoms with van der Waals surface area (Å²) in [5, 5.41) is 2.49. The minimum Gasteiger partial charge on any atom is -0.471 e. The summed E-state index contributed by atoms with van der Waals surface area (Å²) in [7, 11) is -3.57. The molecule has 3 rings (SSSR count). The van der Waals surface area contributed by atoms with Gasteiger partial charge in [0.1, 0.15) is 17.6 Å². The summed E-state index contributed by atoms with van der Waals surface area (Å²) in [5.41, 5.74) is 6.49. The van der Waals surface area contributed by atoms with Crippen molar-refractivity contribution in [2.24, 2.45) is 0 Å². The first-order valence-electron chi connectivity index (χ1n) is 10.6. The Morgan fingerprint density at radius 3 is 2.36 bits per heavy atom. The maximum absolute atomic E-state index is 13.6. The molecule has 9 nitrogen and oxygen atoms in total. The predicted octanol–water partition coefficient (Wildman–Crippen LogP) is 3.10. The predicted molar refractivity (Wildman–Crippen MR) is 128 cm³/mol. The minimum absolute atomic E-state index is 0.115. The molecule has 0 aliphatic carbocycles. The highest BCUT2D eigenvalue weighted by molar-refractivity contribution is 7.90. The molecule has 1 atom stereocenters. The summed E-state index contributed by atoms with van der Waals surface area (Å²) < 4.78 is 70.6. The van der Waals surface area contributed by atoms with Gasteiger partial charge in [0.25, 0.3) is 6.43 Å². The van der Waals surface area contributed by atoms with Crippen molar-refractivity contribution in [2.45, 2.75) is 26.4 Å². The maximum Gasteiger partial charge on any atom is 0.280 e. The SMILES string of the molecule is CC(=O)NCC(CS(C)(=O)=O)Oc1nc(N)nc(-c2ccc(F)cc2)c1-c1cc(C)nc(C(F)F)c1. The molecule has 1 amide bonds. The van der Waals surface area contributed by atoms with Crippen LogP contribution in [-0.4, -0.2) is 53.9 Å². The molecule has 0 radical (unpaired) electrons. The number of nitrogens with two attached hydrogens (primary N) is 1. The summed E-state index contributed by atoms with van der Waals surface area (Å²) in [6.07, 6.45) is -2.98. The fraction of sp³-hybridized carbons (Fsp3) is 0.304. The van der Waals surface area contributed by atoms with Crippen LogP contribution < -0.4 is 15.8 Å². The molecule has 13 heteroatoms. The van der Waals surface area contributed by atoms with Crippen molar-refractivity contribution < 1.29 is 31.1 Å². The third-order valence-corrected chi connectivity index (χ3v) is 5.82. The lowest BCUT2D eigenvalue weighted by molar-refractivity contribution is -0.119. The number of rotatable bonds is 9. The Morgan fingerprint density at radius 2 is 1.78 bits per heavy atom. The van der Waals surface area contributed by atoms with Crippen LogP contribution in [-0.2, 0) is 14.6 Å². The van der Waals surface area contributed by atoms with Crippen molar-refractivity contribution in [3.63, 3.8) is 0 Å². The van der Waals surface area contributed by atoms with Gasteiger partial charge in [0.15, 0.2) is 9.84 Å². The first kappa shape index (κ1) is 26.9. The van der Waals surface area contributed by atoms with E-state index in [1.54, 1.807) is 0 Å². The number of aryl methyl sites for hydroxylation is 1. The highest BCUT2D eigenvalue weighted by Gasteiger charge is 2.25. The van der Waals surface area contributed by atoms with E-state index in [-0.39, 0.29) is 40.9 Å². The number of aromatic nitrogens is 3. The average Bonchev–Trinajstić information content (AvgIpc) is 2.76. The highest BCUT2D eigenvalue weighted by Crippen LogP contribution is 2.39. The monoisotopic (exact) mass is 523 g/mol. The molecule has 0 aliphatic heterocycles. The molecule has 0 spiro atoms. The van der Waals surface area contributed by atoms with Gasteiger partial charge in [-0.2, -0.15) is 4.98 Å². The van der Waals surface area contributed by atoms with Crippen LogP contribution in [0.1, 0.15) is 24.7 Å². The number of hydrogen-bond donors (Lipinski definition) is 2. The number of halogens is 3. The van der Waals surface area contributed by atoms with E-state index in [0.29, 0.717) is 5.56 Å². The van der Waals surface area contributed by atoms with Gasteiger partial charge < -0.3 is 15.8 Å². The average molecular weight is 524 g/mol. The molecular formula is C23H24F3N5O4S. The number of nitrogens with one attached hydrogen (secondary N) is 1. The fourth-order valence-electron chi connectivity index (χ4n) is 3.46. The number of nitrogen functional groups attached to an aromatic ring is 1. The van der Waals surface area contributed by atoms with Gasteiger partial charge in [0.05, 0.1) is 23.6 Å². The molecular weight excluding hydrogens is 499 g/mol. The zero-order valence-electron chi connectivity index (χ0n) is 19.6. The Hall–Kier alpha value is -3.74. The standard InChI is InChI=1S/C23H24F3N5O4S/c1-12-8-15(9-18(29-12)21(25)26)19-20(14-4-6-16(24)7-5-14)30-23(27)31-22(19)35-17(10-28-13(2)32)11-36(3,33)34/h4-9,17,21H,10-11H2,1-3H3,(H,28,32)(H2,27,30,31). The van der Waals surface area contributed by atoms with Gasteiger partial charge in [-0.1, -0.05) is 0 Å². The number of benzene rings is 1. The minimum atomic E-state index is -3.57. The largest absolute Gasteiger partial charge is 0.471 e. The second-order valence-electron chi connectivity index (χ2n) is 8.11. The van der Waals surface area contributed by atoms with Crippen LogP contribution in [0, 0.1) is 12.7 Å². The zero-order chi connectivity index (χ0) is 26.6. The van der Waals surface area contributed by atoms with Crippen LogP contribution in [0.15, 0.2) is 36.4 Å². The van der Waals surface area contributed by atoms with Gasteiger partial charge in [-0.3, -0.25) is 9.78 Å². The number of ether oxygens (including phenoxy) is 1. The van der Waals surface area contributed by atoms with E-state index in [9.17, 15) is 26.4 Å². The van der Waals surface area contributed by atoms with Crippen molar-refractivity contribution >= 4 is 21.7 Å². The Labute approximate surface area is 205 Å². The van der Waals surface area contributed by atoms with Crippen LogP contribution in [0.5, 0.6) is 5.88 Å². The number of carbonyl (C=O) groups excluding carboxylic acids is 1. The van der Waals surface area contributed by atoms with E-state index < -0.39 is 45.5 Å². The normalized spacial score (nSPS) is 12.4. The molecule has 192 valence electrons. The number of hydrogen-bond acceptors (Lipinski definition) is 8. The quantitative estimate of drug-likeness (QED) is 0.437. The number of anilines is 1. The summed E-state index contributed by atoms with van der Waals surface area (Å²) in [6.45, 7) is 2.59. The van der Waals surface area contributed by atoms with Crippen LogP contribution in [0.3, 0.4) is 0 Å². The van der Waals surface area contributed by atoms with Gasteiger partial charge in [-0.15, -0.1) is 0 Å². The van der Waals surface area contributed by atoms with E-state index >= 15 is 0 Å². The Bertz CT molecular complexity index is 1370. The maximum atomic E-state index is 13.6. The van der Waals surface area contributed by atoms with Crippen LogP contribution in [0.2, 0.25) is 0 Å². The number of amides is 1. The van der Waals surface area contributed by atoms with Crippen molar-refractivity contribution in [1.29, 1.82) is 0 Å². The number of pyridine rings is 1. The zero-order valence-corrected chi connectivity index (χ0v) is 20.4. The molecule has 0 bridgehead atoms. The third kappa shape index (κ3) is 7.13. The van der Waals surface area contributed by atoms with Gasteiger partial charge in [0, 0.05) is 24.4 Å². The van der Waals surface area contributed by atoms with E-state index in [1.165, 1.54) is 44.2 Å². The molecule has 0 saturated carbocycles. The van der Waals surface area contributed by atoms with Crippen LogP contribution in [0.25, 0.3) is 22.4 Å². The number of nitrogens with zero attached hydrogens (tertiary/aromatic N) is 3. The van der Waals surface area contributed by atoms with E-state index in [0.717, 1.165) is 12.3 Å². The smallest absolute Gasteiger partial charge is 0.280 e. The van der Waals surface area contributed by atoms with Gasteiger partial charge in [-0.25, -0.2) is 26.6 Å². The van der Waals surface area contributed by atoms with Crippen LogP contribution in [0.4, 0.5) is 19.1 Å². The Morgan fingerprint density at radius 1 is 1.11 bits per heavy atom. The molecule has 1 unspecified atom stereocenters. The summed E-state index contributed by atoms with van der Waals surface area (Å²) >= 11 is 0. The lowest BCUT2D eigenvalue weighted by Gasteiger charge is -2.22. The third-order valence-electron chi connectivity index (χ3n) is 4.84. The fourth-order valence-corrected chi connectivity index (χ4v) is 4.32. The number of alkyl halides is 2. The molecule has 0 fully saturated rings. The second kappa shape index (κ2) is 10.9. The first-order valence-corrected chi connectivity index (χ1v) is 12.7. The Balaban J connectivity index is 2.26. The Kier molecular flexibility index (Phi) is 8.13. The molecule has 0 saturated heterocycles.